The maximum Gasteiger partial charge on any atom is 0.241 e. The Morgan fingerprint density at radius 2 is 2.13 bits per heavy atom. The minimum atomic E-state index is 0.00222. The maximum atomic E-state index is 12.0. The summed E-state index contributed by atoms with van der Waals surface area (Å²) in [6, 6.07) is 0.00222. The normalized spacial score (nSPS) is 26.2. The minimum Gasteiger partial charge on any atom is -0.329 e. The Morgan fingerprint density at radius 1 is 1.53 bits per heavy atom. The molecule has 1 rings (SSSR count). The minimum absolute atomic E-state index is 0.00222. The highest BCUT2D eigenvalue weighted by Gasteiger charge is 2.30. The van der Waals surface area contributed by atoms with E-state index < -0.39 is 0 Å². The fourth-order valence-electron chi connectivity index (χ4n) is 2.07. The molecule has 15 heavy (non-hydrogen) atoms. The van der Waals surface area contributed by atoms with E-state index in [0.717, 1.165) is 18.7 Å². The van der Waals surface area contributed by atoms with Crippen LogP contribution < -0.4 is 5.32 Å². The van der Waals surface area contributed by atoms with E-state index in [1.54, 1.807) is 0 Å². The summed E-state index contributed by atoms with van der Waals surface area (Å²) in [5.41, 5.74) is 2.26. The lowest BCUT2D eigenvalue weighted by Crippen LogP contribution is -2.46. The van der Waals surface area contributed by atoms with Gasteiger partial charge in [0.2, 0.25) is 5.91 Å². The molecule has 1 unspecified atom stereocenters. The van der Waals surface area contributed by atoms with Crippen LogP contribution in [0, 0.1) is 5.92 Å². The number of amides is 1. The Bertz CT molecular complexity index is 283. The van der Waals surface area contributed by atoms with Crippen LogP contribution in [0.5, 0.6) is 0 Å². The van der Waals surface area contributed by atoms with E-state index in [1.165, 1.54) is 5.57 Å². The molecule has 0 aromatic rings. The summed E-state index contributed by atoms with van der Waals surface area (Å²) in [6.07, 6.45) is 1.03. The van der Waals surface area contributed by atoms with Crippen LogP contribution in [-0.4, -0.2) is 30.4 Å². The summed E-state index contributed by atoms with van der Waals surface area (Å²) in [5, 5.41) is 2.99. The van der Waals surface area contributed by atoms with Crippen molar-refractivity contribution in [1.82, 2.24) is 10.2 Å². The van der Waals surface area contributed by atoms with Gasteiger partial charge in [0.25, 0.3) is 0 Å². The molecule has 3 heteroatoms. The molecule has 0 fully saturated rings. The molecule has 1 amide bonds. The van der Waals surface area contributed by atoms with Crippen molar-refractivity contribution in [2.45, 2.75) is 40.2 Å². The first kappa shape index (κ1) is 12.2. The van der Waals surface area contributed by atoms with Crippen molar-refractivity contribution in [2.75, 3.05) is 13.6 Å². The lowest BCUT2D eigenvalue weighted by Gasteiger charge is -2.29. The number of rotatable bonds is 2. The van der Waals surface area contributed by atoms with Gasteiger partial charge in [0.15, 0.2) is 0 Å². The van der Waals surface area contributed by atoms with Crippen LogP contribution in [0.25, 0.3) is 0 Å². The summed E-state index contributed by atoms with van der Waals surface area (Å²) in [6.45, 7) is 9.19. The van der Waals surface area contributed by atoms with E-state index in [1.807, 2.05) is 14.0 Å². The number of nitrogens with one attached hydrogen (secondary N) is 1. The Hall–Kier alpha value is -0.830. The van der Waals surface area contributed by atoms with E-state index in [4.69, 9.17) is 0 Å². The standard InChI is InChI=1S/C12H22N2O/c1-6-8(2)11-12(15)13-10(4)9(3)7-14(11)5/h8,11H,6-7H2,1-5H3,(H,13,15)/t8?,11-/m0/s1. The van der Waals surface area contributed by atoms with Crippen LogP contribution >= 0.6 is 0 Å². The summed E-state index contributed by atoms with van der Waals surface area (Å²) < 4.78 is 0. The van der Waals surface area contributed by atoms with Crippen molar-refractivity contribution >= 4 is 5.91 Å². The summed E-state index contributed by atoms with van der Waals surface area (Å²) >= 11 is 0. The quantitative estimate of drug-likeness (QED) is 0.753. The topological polar surface area (TPSA) is 32.3 Å². The molecule has 0 spiro atoms. The van der Waals surface area contributed by atoms with Gasteiger partial charge in [0.1, 0.15) is 0 Å². The van der Waals surface area contributed by atoms with Crippen LogP contribution in [0.1, 0.15) is 34.1 Å². The van der Waals surface area contributed by atoms with E-state index in [2.05, 4.69) is 31.0 Å². The number of likely N-dealkylation sites (N-methyl/N-ethyl adjacent to an activating group) is 1. The zero-order valence-electron chi connectivity index (χ0n) is 10.4. The van der Waals surface area contributed by atoms with Gasteiger partial charge in [-0.05, 0) is 32.4 Å². The predicted molar refractivity (Wildman–Crippen MR) is 62.4 cm³/mol. The first-order valence-electron chi connectivity index (χ1n) is 5.64. The van der Waals surface area contributed by atoms with Crippen LogP contribution in [0.2, 0.25) is 0 Å². The van der Waals surface area contributed by atoms with Gasteiger partial charge in [-0.3, -0.25) is 9.69 Å². The van der Waals surface area contributed by atoms with Crippen molar-refractivity contribution in [3.63, 3.8) is 0 Å². The number of allylic oxidation sites excluding steroid dienone is 1. The van der Waals surface area contributed by atoms with Crippen molar-refractivity contribution in [3.8, 4) is 0 Å². The second kappa shape index (κ2) is 4.79. The Kier molecular flexibility index (Phi) is 3.91. The Balaban J connectivity index is 2.89. The largest absolute Gasteiger partial charge is 0.329 e. The number of hydrogen-bond acceptors (Lipinski definition) is 2. The average molecular weight is 210 g/mol. The van der Waals surface area contributed by atoms with Gasteiger partial charge in [-0.1, -0.05) is 20.3 Å². The van der Waals surface area contributed by atoms with Gasteiger partial charge >= 0.3 is 0 Å². The van der Waals surface area contributed by atoms with Gasteiger partial charge in [0.05, 0.1) is 6.04 Å². The monoisotopic (exact) mass is 210 g/mol. The average Bonchev–Trinajstić information content (AvgIpc) is 2.24. The SMILES string of the molecule is CCC(C)[C@H]1C(=O)NC(C)=C(C)CN1C. The maximum absolute atomic E-state index is 12.0. The molecule has 0 bridgehead atoms. The highest BCUT2D eigenvalue weighted by Crippen LogP contribution is 2.18. The van der Waals surface area contributed by atoms with Gasteiger partial charge in [-0.25, -0.2) is 0 Å². The fraction of sp³-hybridized carbons (Fsp3) is 0.750. The van der Waals surface area contributed by atoms with E-state index in [9.17, 15) is 4.79 Å². The fourth-order valence-corrected chi connectivity index (χ4v) is 2.07. The third kappa shape index (κ3) is 2.59. The number of hydrogen-bond donors (Lipinski definition) is 1. The van der Waals surface area contributed by atoms with Crippen LogP contribution in [-0.2, 0) is 4.79 Å². The summed E-state index contributed by atoms with van der Waals surface area (Å²) in [7, 11) is 2.03. The Labute approximate surface area is 92.5 Å². The third-order valence-electron chi connectivity index (χ3n) is 3.36. The molecular weight excluding hydrogens is 188 g/mol. The molecule has 86 valence electrons. The molecule has 1 aliphatic heterocycles. The molecule has 0 aliphatic carbocycles. The van der Waals surface area contributed by atoms with Gasteiger partial charge in [0, 0.05) is 12.2 Å². The zero-order valence-corrected chi connectivity index (χ0v) is 10.4. The van der Waals surface area contributed by atoms with Crippen LogP contribution in [0.4, 0.5) is 0 Å². The Morgan fingerprint density at radius 3 is 2.67 bits per heavy atom. The first-order valence-corrected chi connectivity index (χ1v) is 5.64. The number of carbonyl (C=O) groups excluding carboxylic acids is 1. The molecule has 1 N–H and O–H groups in total. The van der Waals surface area contributed by atoms with E-state index in [-0.39, 0.29) is 11.9 Å². The lowest BCUT2D eigenvalue weighted by molar-refractivity contribution is -0.126. The molecule has 0 aromatic carbocycles. The zero-order chi connectivity index (χ0) is 11.6. The third-order valence-corrected chi connectivity index (χ3v) is 3.36. The molecule has 2 atom stereocenters. The van der Waals surface area contributed by atoms with Crippen molar-refractivity contribution in [1.29, 1.82) is 0 Å². The van der Waals surface area contributed by atoms with E-state index >= 15 is 0 Å². The van der Waals surface area contributed by atoms with E-state index in [0.29, 0.717) is 5.92 Å². The van der Waals surface area contributed by atoms with Crippen LogP contribution in [0.15, 0.2) is 11.3 Å². The van der Waals surface area contributed by atoms with Crippen molar-refractivity contribution < 1.29 is 4.79 Å². The molecule has 3 nitrogen and oxygen atoms in total. The molecule has 1 aliphatic rings. The summed E-state index contributed by atoms with van der Waals surface area (Å²) in [5.74, 6) is 0.537. The molecule has 0 radical (unpaired) electrons. The molecule has 0 aromatic heterocycles. The van der Waals surface area contributed by atoms with Gasteiger partial charge in [-0.2, -0.15) is 0 Å². The summed E-state index contributed by atoms with van der Waals surface area (Å²) in [4.78, 5) is 14.1. The second-order valence-corrected chi connectivity index (χ2v) is 4.64. The predicted octanol–water partition coefficient (Wildman–Crippen LogP) is 1.76. The molecule has 1 heterocycles. The van der Waals surface area contributed by atoms with Gasteiger partial charge in [-0.15, -0.1) is 0 Å². The van der Waals surface area contributed by atoms with Crippen molar-refractivity contribution in [3.05, 3.63) is 11.3 Å². The molecular formula is C12H22N2O. The lowest BCUT2D eigenvalue weighted by atomic mass is 9.97. The van der Waals surface area contributed by atoms with Crippen LogP contribution in [0.3, 0.4) is 0 Å². The second-order valence-electron chi connectivity index (χ2n) is 4.64. The number of nitrogens with zero attached hydrogens (tertiary/aromatic N) is 1. The molecule has 0 saturated heterocycles. The highest BCUT2D eigenvalue weighted by atomic mass is 16.2. The number of carbonyl (C=O) groups is 1. The van der Waals surface area contributed by atoms with Gasteiger partial charge < -0.3 is 5.32 Å². The van der Waals surface area contributed by atoms with Crippen molar-refractivity contribution in [2.24, 2.45) is 5.92 Å². The molecule has 0 saturated carbocycles. The first-order chi connectivity index (χ1) is 6.97. The smallest absolute Gasteiger partial charge is 0.241 e. The highest BCUT2D eigenvalue weighted by molar-refractivity contribution is 5.84.